The summed E-state index contributed by atoms with van der Waals surface area (Å²) in [5, 5.41) is 3.21. The van der Waals surface area contributed by atoms with Gasteiger partial charge in [0, 0.05) is 18.2 Å². The molecule has 1 aliphatic carbocycles. The molecule has 1 aliphatic rings. The van der Waals surface area contributed by atoms with Crippen LogP contribution in [0.15, 0.2) is 30.6 Å². The summed E-state index contributed by atoms with van der Waals surface area (Å²) in [6.45, 7) is 0. The lowest BCUT2D eigenvalue weighted by Gasteiger charge is -2.06. The molecule has 0 radical (unpaired) electrons. The number of pyridine rings is 1. The van der Waals surface area contributed by atoms with E-state index in [1.807, 2.05) is 18.2 Å². The fourth-order valence-corrected chi connectivity index (χ4v) is 1.70. The number of ether oxygens (including phenoxy) is 1. The summed E-state index contributed by atoms with van der Waals surface area (Å²) in [5.41, 5.74) is 0.885. The summed E-state index contributed by atoms with van der Waals surface area (Å²) in [4.78, 5) is 12.9. The maximum Gasteiger partial charge on any atom is 0.213 e. The molecule has 0 atom stereocenters. The second-order valence-electron chi connectivity index (χ2n) is 4.29. The highest BCUT2D eigenvalue weighted by molar-refractivity contribution is 5.54. The summed E-state index contributed by atoms with van der Waals surface area (Å²) >= 11 is 0. The van der Waals surface area contributed by atoms with Crippen LogP contribution in [-0.2, 0) is 0 Å². The van der Waals surface area contributed by atoms with Crippen LogP contribution in [0.2, 0.25) is 0 Å². The predicted octanol–water partition coefficient (Wildman–Crippen LogP) is 2.50. The van der Waals surface area contributed by atoms with Crippen molar-refractivity contribution >= 4 is 11.5 Å². The highest BCUT2D eigenvalue weighted by Gasteiger charge is 2.26. The van der Waals surface area contributed by atoms with Crippen LogP contribution in [0.4, 0.5) is 11.5 Å². The number of aromatic nitrogens is 3. The van der Waals surface area contributed by atoms with Gasteiger partial charge in [0.05, 0.1) is 19.0 Å². The monoisotopic (exact) mass is 242 g/mol. The van der Waals surface area contributed by atoms with Gasteiger partial charge in [-0.05, 0) is 25.0 Å². The Labute approximate surface area is 105 Å². The number of methoxy groups -OCH3 is 1. The van der Waals surface area contributed by atoms with Gasteiger partial charge < -0.3 is 10.1 Å². The van der Waals surface area contributed by atoms with Crippen molar-refractivity contribution in [2.24, 2.45) is 0 Å². The molecule has 18 heavy (non-hydrogen) atoms. The first-order valence-electron chi connectivity index (χ1n) is 5.95. The standard InChI is InChI=1S/C13H14N4O/c1-18-12-5-4-10(8-15-12)16-11-6-7-14-13(17-11)9-2-3-9/h4-9H,2-3H2,1H3,(H,14,16,17). The van der Waals surface area contributed by atoms with Gasteiger partial charge in [0.25, 0.3) is 0 Å². The average Bonchev–Trinajstić information content (AvgIpc) is 3.24. The summed E-state index contributed by atoms with van der Waals surface area (Å²) < 4.78 is 5.01. The lowest BCUT2D eigenvalue weighted by molar-refractivity contribution is 0.398. The van der Waals surface area contributed by atoms with E-state index in [1.165, 1.54) is 12.8 Å². The Morgan fingerprint density at radius 3 is 2.78 bits per heavy atom. The topological polar surface area (TPSA) is 59.9 Å². The van der Waals surface area contributed by atoms with Gasteiger partial charge in [0.15, 0.2) is 0 Å². The smallest absolute Gasteiger partial charge is 0.213 e. The molecule has 0 unspecified atom stereocenters. The van der Waals surface area contributed by atoms with Gasteiger partial charge in [-0.1, -0.05) is 0 Å². The third-order valence-corrected chi connectivity index (χ3v) is 2.83. The van der Waals surface area contributed by atoms with E-state index in [0.29, 0.717) is 11.8 Å². The molecular weight excluding hydrogens is 228 g/mol. The molecule has 0 bridgehead atoms. The molecule has 0 aliphatic heterocycles. The minimum atomic E-state index is 0.556. The van der Waals surface area contributed by atoms with Gasteiger partial charge >= 0.3 is 0 Å². The van der Waals surface area contributed by atoms with Crippen molar-refractivity contribution in [3.05, 3.63) is 36.4 Å². The van der Waals surface area contributed by atoms with Gasteiger partial charge in [-0.15, -0.1) is 0 Å². The average molecular weight is 242 g/mol. The zero-order valence-corrected chi connectivity index (χ0v) is 10.1. The molecule has 5 nitrogen and oxygen atoms in total. The number of anilines is 2. The summed E-state index contributed by atoms with van der Waals surface area (Å²) in [5.74, 6) is 2.89. The third-order valence-electron chi connectivity index (χ3n) is 2.83. The van der Waals surface area contributed by atoms with Gasteiger partial charge in [0.1, 0.15) is 11.6 Å². The molecule has 1 fully saturated rings. The van der Waals surface area contributed by atoms with E-state index in [-0.39, 0.29) is 0 Å². The van der Waals surface area contributed by atoms with E-state index in [2.05, 4.69) is 20.3 Å². The van der Waals surface area contributed by atoms with Crippen molar-refractivity contribution in [2.45, 2.75) is 18.8 Å². The van der Waals surface area contributed by atoms with Crippen LogP contribution in [0.5, 0.6) is 5.88 Å². The zero-order valence-electron chi connectivity index (χ0n) is 10.1. The van der Waals surface area contributed by atoms with Crippen LogP contribution in [0.1, 0.15) is 24.6 Å². The minimum absolute atomic E-state index is 0.556. The predicted molar refractivity (Wildman–Crippen MR) is 68.1 cm³/mol. The van der Waals surface area contributed by atoms with E-state index < -0.39 is 0 Å². The number of nitrogens with one attached hydrogen (secondary N) is 1. The van der Waals surface area contributed by atoms with Gasteiger partial charge in [0.2, 0.25) is 5.88 Å². The normalized spacial score (nSPS) is 14.3. The SMILES string of the molecule is COc1ccc(Nc2ccnc(C3CC3)n2)cn1. The highest BCUT2D eigenvalue weighted by Crippen LogP contribution is 2.38. The lowest BCUT2D eigenvalue weighted by Crippen LogP contribution is -1.99. The maximum atomic E-state index is 5.01. The second kappa shape index (κ2) is 4.60. The molecule has 0 saturated heterocycles. The van der Waals surface area contributed by atoms with Gasteiger partial charge in [-0.3, -0.25) is 0 Å². The first-order chi connectivity index (χ1) is 8.85. The number of hydrogen-bond acceptors (Lipinski definition) is 5. The van der Waals surface area contributed by atoms with E-state index >= 15 is 0 Å². The van der Waals surface area contributed by atoms with Crippen LogP contribution >= 0.6 is 0 Å². The molecule has 0 spiro atoms. The zero-order chi connectivity index (χ0) is 12.4. The molecular formula is C13H14N4O. The third kappa shape index (κ3) is 2.40. The largest absolute Gasteiger partial charge is 0.481 e. The Bertz CT molecular complexity index is 537. The maximum absolute atomic E-state index is 5.01. The first-order valence-corrected chi connectivity index (χ1v) is 5.95. The van der Waals surface area contributed by atoms with Gasteiger partial charge in [-0.2, -0.15) is 0 Å². The Hall–Kier alpha value is -2.17. The molecule has 0 amide bonds. The van der Waals surface area contributed by atoms with E-state index in [1.54, 1.807) is 19.5 Å². The van der Waals surface area contributed by atoms with Crippen LogP contribution in [0.25, 0.3) is 0 Å². The molecule has 2 aromatic rings. The first kappa shape index (κ1) is 11.0. The van der Waals surface area contributed by atoms with Crippen LogP contribution < -0.4 is 10.1 Å². The van der Waals surface area contributed by atoms with Gasteiger partial charge in [-0.25, -0.2) is 15.0 Å². The number of nitrogens with zero attached hydrogens (tertiary/aromatic N) is 3. The Kier molecular flexibility index (Phi) is 2.80. The molecule has 1 saturated carbocycles. The molecule has 2 aromatic heterocycles. The fourth-order valence-electron chi connectivity index (χ4n) is 1.70. The molecule has 0 aromatic carbocycles. The molecule has 1 N–H and O–H groups in total. The van der Waals surface area contributed by atoms with Crippen molar-refractivity contribution in [1.29, 1.82) is 0 Å². The summed E-state index contributed by atoms with van der Waals surface area (Å²) in [7, 11) is 1.60. The Morgan fingerprint density at radius 2 is 2.11 bits per heavy atom. The second-order valence-corrected chi connectivity index (χ2v) is 4.29. The molecule has 92 valence electrons. The Balaban J connectivity index is 1.76. The van der Waals surface area contributed by atoms with E-state index in [0.717, 1.165) is 17.3 Å². The molecule has 5 heteroatoms. The van der Waals surface area contributed by atoms with Crippen molar-refractivity contribution in [2.75, 3.05) is 12.4 Å². The fraction of sp³-hybridized carbons (Fsp3) is 0.308. The number of hydrogen-bond donors (Lipinski definition) is 1. The van der Waals surface area contributed by atoms with Crippen molar-refractivity contribution < 1.29 is 4.74 Å². The highest BCUT2D eigenvalue weighted by atomic mass is 16.5. The summed E-state index contributed by atoms with van der Waals surface area (Å²) in [6.07, 6.45) is 5.92. The molecule has 3 rings (SSSR count). The van der Waals surface area contributed by atoms with Crippen molar-refractivity contribution in [3.63, 3.8) is 0 Å². The van der Waals surface area contributed by atoms with Crippen molar-refractivity contribution in [1.82, 2.24) is 15.0 Å². The van der Waals surface area contributed by atoms with Crippen molar-refractivity contribution in [3.8, 4) is 5.88 Å². The van der Waals surface area contributed by atoms with Crippen LogP contribution in [-0.4, -0.2) is 22.1 Å². The van der Waals surface area contributed by atoms with Crippen LogP contribution in [0.3, 0.4) is 0 Å². The lowest BCUT2D eigenvalue weighted by atomic mass is 10.3. The summed E-state index contributed by atoms with van der Waals surface area (Å²) in [6, 6.07) is 5.58. The van der Waals surface area contributed by atoms with E-state index in [4.69, 9.17) is 4.74 Å². The quantitative estimate of drug-likeness (QED) is 0.892. The molecule has 2 heterocycles. The Morgan fingerprint density at radius 1 is 1.22 bits per heavy atom. The minimum Gasteiger partial charge on any atom is -0.481 e. The van der Waals surface area contributed by atoms with E-state index in [9.17, 15) is 0 Å². The number of rotatable bonds is 4. The van der Waals surface area contributed by atoms with Crippen LogP contribution in [0, 0.1) is 0 Å².